The SMILES string of the molecule is Cc1cccc(C(=O)NCC2CCCC2CCl)c1O. The Morgan fingerprint density at radius 2 is 2.16 bits per heavy atom. The fourth-order valence-electron chi connectivity index (χ4n) is 2.75. The molecule has 104 valence electrons. The molecule has 1 fully saturated rings. The summed E-state index contributed by atoms with van der Waals surface area (Å²) in [7, 11) is 0. The van der Waals surface area contributed by atoms with Crippen LogP contribution in [0.4, 0.5) is 0 Å². The summed E-state index contributed by atoms with van der Waals surface area (Å²) in [5, 5.41) is 12.8. The van der Waals surface area contributed by atoms with Crippen molar-refractivity contribution in [3.63, 3.8) is 0 Å². The zero-order chi connectivity index (χ0) is 13.8. The van der Waals surface area contributed by atoms with Gasteiger partial charge in [0.1, 0.15) is 5.75 Å². The molecule has 0 spiro atoms. The molecule has 0 bridgehead atoms. The molecule has 1 saturated carbocycles. The normalized spacial score (nSPS) is 22.4. The highest BCUT2D eigenvalue weighted by Crippen LogP contribution is 2.32. The third-order valence-corrected chi connectivity index (χ3v) is 4.42. The summed E-state index contributed by atoms with van der Waals surface area (Å²) in [4.78, 5) is 12.1. The van der Waals surface area contributed by atoms with Gasteiger partial charge < -0.3 is 10.4 Å². The molecule has 0 saturated heterocycles. The maximum absolute atomic E-state index is 12.1. The van der Waals surface area contributed by atoms with Crippen LogP contribution < -0.4 is 5.32 Å². The van der Waals surface area contributed by atoms with Crippen molar-refractivity contribution in [2.45, 2.75) is 26.2 Å². The molecule has 0 aliphatic heterocycles. The molecular formula is C15H20ClNO2. The van der Waals surface area contributed by atoms with Gasteiger partial charge in [-0.25, -0.2) is 0 Å². The molecule has 2 rings (SSSR count). The zero-order valence-electron chi connectivity index (χ0n) is 11.2. The van der Waals surface area contributed by atoms with Crippen molar-refractivity contribution in [3.05, 3.63) is 29.3 Å². The largest absolute Gasteiger partial charge is 0.507 e. The predicted molar refractivity (Wildman–Crippen MR) is 76.7 cm³/mol. The molecule has 1 aliphatic carbocycles. The van der Waals surface area contributed by atoms with Crippen molar-refractivity contribution in [2.75, 3.05) is 12.4 Å². The van der Waals surface area contributed by atoms with Crippen LogP contribution in [0, 0.1) is 18.8 Å². The molecule has 1 aliphatic rings. The number of hydrogen-bond acceptors (Lipinski definition) is 2. The molecule has 1 amide bonds. The first-order valence-electron chi connectivity index (χ1n) is 6.76. The third kappa shape index (κ3) is 3.21. The molecule has 2 N–H and O–H groups in total. The van der Waals surface area contributed by atoms with Gasteiger partial charge in [0.25, 0.3) is 5.91 Å². The lowest BCUT2D eigenvalue weighted by molar-refractivity contribution is 0.0942. The van der Waals surface area contributed by atoms with E-state index in [4.69, 9.17) is 11.6 Å². The highest BCUT2D eigenvalue weighted by atomic mass is 35.5. The molecule has 0 heterocycles. The minimum absolute atomic E-state index is 0.0697. The second kappa shape index (κ2) is 6.29. The first-order chi connectivity index (χ1) is 9.13. The number of amides is 1. The van der Waals surface area contributed by atoms with Gasteiger partial charge in [0, 0.05) is 12.4 Å². The van der Waals surface area contributed by atoms with E-state index >= 15 is 0 Å². The molecule has 0 radical (unpaired) electrons. The molecule has 3 nitrogen and oxygen atoms in total. The topological polar surface area (TPSA) is 49.3 Å². The van der Waals surface area contributed by atoms with Crippen LogP contribution in [0.3, 0.4) is 0 Å². The Balaban J connectivity index is 1.96. The van der Waals surface area contributed by atoms with E-state index in [1.807, 2.05) is 0 Å². The maximum Gasteiger partial charge on any atom is 0.255 e. The number of alkyl halides is 1. The summed E-state index contributed by atoms with van der Waals surface area (Å²) in [5.41, 5.74) is 1.06. The van der Waals surface area contributed by atoms with E-state index in [1.54, 1.807) is 25.1 Å². The zero-order valence-corrected chi connectivity index (χ0v) is 11.9. The Morgan fingerprint density at radius 1 is 1.42 bits per heavy atom. The Morgan fingerprint density at radius 3 is 2.89 bits per heavy atom. The Labute approximate surface area is 119 Å². The summed E-state index contributed by atoms with van der Waals surface area (Å²) >= 11 is 5.93. The number of phenols is 1. The highest BCUT2D eigenvalue weighted by molar-refractivity contribution is 6.18. The first-order valence-corrected chi connectivity index (χ1v) is 7.29. The minimum atomic E-state index is -0.207. The fraction of sp³-hybridized carbons (Fsp3) is 0.533. The van der Waals surface area contributed by atoms with Crippen LogP contribution in [0.25, 0.3) is 0 Å². The second-order valence-electron chi connectivity index (χ2n) is 5.29. The smallest absolute Gasteiger partial charge is 0.255 e. The van der Waals surface area contributed by atoms with Gasteiger partial charge in [0.15, 0.2) is 0 Å². The van der Waals surface area contributed by atoms with Crippen LogP contribution in [-0.4, -0.2) is 23.4 Å². The van der Waals surface area contributed by atoms with Crippen LogP contribution in [0.2, 0.25) is 0 Å². The standard InChI is InChI=1S/C15H20ClNO2/c1-10-4-2-7-13(14(10)18)15(19)17-9-12-6-3-5-11(12)8-16/h2,4,7,11-12,18H,3,5-6,8-9H2,1H3,(H,17,19). The van der Waals surface area contributed by atoms with Gasteiger partial charge in [-0.3, -0.25) is 4.79 Å². The summed E-state index contributed by atoms with van der Waals surface area (Å²) in [5.74, 6) is 1.50. The van der Waals surface area contributed by atoms with Crippen molar-refractivity contribution in [1.29, 1.82) is 0 Å². The first kappa shape index (κ1) is 14.2. The summed E-state index contributed by atoms with van der Waals surface area (Å²) < 4.78 is 0. The van der Waals surface area contributed by atoms with Gasteiger partial charge in [0.05, 0.1) is 5.56 Å². The van der Waals surface area contributed by atoms with Gasteiger partial charge in [-0.1, -0.05) is 18.6 Å². The fourth-order valence-corrected chi connectivity index (χ4v) is 3.15. The van der Waals surface area contributed by atoms with E-state index < -0.39 is 0 Å². The summed E-state index contributed by atoms with van der Waals surface area (Å²) in [6.45, 7) is 2.43. The van der Waals surface area contributed by atoms with Crippen LogP contribution >= 0.6 is 11.6 Å². The number of para-hydroxylation sites is 1. The number of phenolic OH excluding ortho intramolecular Hbond substituents is 1. The van der Waals surface area contributed by atoms with E-state index in [0.29, 0.717) is 35.4 Å². The quantitative estimate of drug-likeness (QED) is 0.833. The summed E-state index contributed by atoms with van der Waals surface area (Å²) in [6, 6.07) is 5.21. The number of halogens is 1. The van der Waals surface area contributed by atoms with Crippen molar-refractivity contribution < 1.29 is 9.90 Å². The van der Waals surface area contributed by atoms with Gasteiger partial charge in [-0.2, -0.15) is 0 Å². The Bertz CT molecular complexity index is 461. The number of nitrogens with one attached hydrogen (secondary N) is 1. The van der Waals surface area contributed by atoms with Crippen molar-refractivity contribution >= 4 is 17.5 Å². The number of aromatic hydroxyl groups is 1. The molecule has 19 heavy (non-hydrogen) atoms. The van der Waals surface area contributed by atoms with Gasteiger partial charge >= 0.3 is 0 Å². The van der Waals surface area contributed by atoms with Crippen LogP contribution in [0.1, 0.15) is 35.2 Å². The lowest BCUT2D eigenvalue weighted by Gasteiger charge is -2.18. The van der Waals surface area contributed by atoms with E-state index in [1.165, 1.54) is 6.42 Å². The average molecular weight is 282 g/mol. The third-order valence-electron chi connectivity index (χ3n) is 4.02. The predicted octanol–water partition coefficient (Wildman–Crippen LogP) is 3.09. The molecule has 1 aromatic carbocycles. The molecule has 2 unspecified atom stereocenters. The second-order valence-corrected chi connectivity index (χ2v) is 5.60. The number of carbonyl (C=O) groups excluding carboxylic acids is 1. The van der Waals surface area contributed by atoms with Gasteiger partial charge in [-0.05, 0) is 43.2 Å². The summed E-state index contributed by atoms with van der Waals surface area (Å²) in [6.07, 6.45) is 3.46. The number of aryl methyl sites for hydroxylation is 1. The van der Waals surface area contributed by atoms with Gasteiger partial charge in [-0.15, -0.1) is 11.6 Å². The molecular weight excluding hydrogens is 262 g/mol. The van der Waals surface area contributed by atoms with Crippen molar-refractivity contribution in [1.82, 2.24) is 5.32 Å². The number of hydrogen-bond donors (Lipinski definition) is 2. The monoisotopic (exact) mass is 281 g/mol. The number of benzene rings is 1. The average Bonchev–Trinajstić information content (AvgIpc) is 2.86. The van der Waals surface area contributed by atoms with E-state index in [0.717, 1.165) is 12.8 Å². The Kier molecular flexibility index (Phi) is 4.70. The minimum Gasteiger partial charge on any atom is -0.507 e. The van der Waals surface area contributed by atoms with Crippen molar-refractivity contribution in [2.24, 2.45) is 11.8 Å². The maximum atomic E-state index is 12.1. The molecule has 4 heteroatoms. The van der Waals surface area contributed by atoms with E-state index in [2.05, 4.69) is 5.32 Å². The molecule has 2 atom stereocenters. The van der Waals surface area contributed by atoms with Gasteiger partial charge in [0.2, 0.25) is 0 Å². The number of carbonyl (C=O) groups is 1. The molecule has 1 aromatic rings. The van der Waals surface area contributed by atoms with Crippen LogP contribution in [0.5, 0.6) is 5.75 Å². The Hall–Kier alpha value is -1.22. The van der Waals surface area contributed by atoms with Crippen LogP contribution in [0.15, 0.2) is 18.2 Å². The van der Waals surface area contributed by atoms with Crippen LogP contribution in [-0.2, 0) is 0 Å². The lowest BCUT2D eigenvalue weighted by Crippen LogP contribution is -2.31. The highest BCUT2D eigenvalue weighted by Gasteiger charge is 2.27. The molecule has 0 aromatic heterocycles. The van der Waals surface area contributed by atoms with E-state index in [-0.39, 0.29) is 11.7 Å². The lowest BCUT2D eigenvalue weighted by atomic mass is 9.98. The number of rotatable bonds is 4. The van der Waals surface area contributed by atoms with Crippen molar-refractivity contribution in [3.8, 4) is 5.75 Å². The van der Waals surface area contributed by atoms with E-state index in [9.17, 15) is 9.90 Å².